The number of benzene rings is 1. The lowest BCUT2D eigenvalue weighted by atomic mass is 10.3. The summed E-state index contributed by atoms with van der Waals surface area (Å²) in [5, 5.41) is 0. The normalized spacial score (nSPS) is 14.5. The molecule has 0 bridgehead atoms. The average Bonchev–Trinajstić information content (AvgIpc) is 2.50. The molecule has 0 aliphatic carbocycles. The highest BCUT2D eigenvalue weighted by molar-refractivity contribution is 8.14. The Bertz CT molecular complexity index is 303. The molecule has 0 atom stereocenters. The molecule has 0 fully saturated rings. The van der Waals surface area contributed by atoms with Gasteiger partial charge in [-0.25, -0.2) is 0 Å². The Balaban J connectivity index is 2.29. The number of rotatable bonds is 2. The number of hydrogen-bond donors (Lipinski definition) is 0. The second-order valence-corrected chi connectivity index (χ2v) is 4.15. The molecule has 2 nitrogen and oxygen atoms in total. The molecule has 62 valence electrons. The summed E-state index contributed by atoms with van der Waals surface area (Å²) in [5.74, 6) is 0.864. The van der Waals surface area contributed by atoms with E-state index in [4.69, 9.17) is 0 Å². The molecule has 0 N–H and O–H groups in total. The molecule has 0 unspecified atom stereocenters. The molecule has 2 rings (SSSR count). The maximum Gasteiger partial charge on any atom is 0.196 e. The lowest BCUT2D eigenvalue weighted by Crippen LogP contribution is -2.07. The predicted octanol–water partition coefficient (Wildman–Crippen LogP) is 2.39. The van der Waals surface area contributed by atoms with Gasteiger partial charge in [0, 0.05) is 16.8 Å². The SMILES string of the molecule is O=CSN1CSc2ccccc21. The molecule has 0 saturated carbocycles. The number of anilines is 1. The van der Waals surface area contributed by atoms with Gasteiger partial charge in [0.05, 0.1) is 11.6 Å². The number of fused-ring (bicyclic) bond motifs is 1. The molecule has 0 saturated heterocycles. The molecule has 0 aromatic heterocycles. The zero-order valence-electron chi connectivity index (χ0n) is 6.27. The molecular formula is C8H7NOS2. The minimum absolute atomic E-state index is 0.864. The Labute approximate surface area is 79.5 Å². The van der Waals surface area contributed by atoms with Crippen LogP contribution in [-0.4, -0.2) is 11.5 Å². The van der Waals surface area contributed by atoms with E-state index >= 15 is 0 Å². The zero-order valence-corrected chi connectivity index (χ0v) is 7.90. The fourth-order valence-electron chi connectivity index (χ4n) is 1.12. The van der Waals surface area contributed by atoms with Crippen molar-refractivity contribution in [2.75, 3.05) is 10.2 Å². The Morgan fingerprint density at radius 2 is 2.33 bits per heavy atom. The molecule has 4 heteroatoms. The largest absolute Gasteiger partial charge is 0.299 e. The van der Waals surface area contributed by atoms with E-state index < -0.39 is 0 Å². The standard InChI is InChI=1S/C8H7NOS2/c10-6-12-9-5-11-8-4-2-1-3-7(8)9/h1-4,6H,5H2. The van der Waals surface area contributed by atoms with Crippen molar-refractivity contribution in [2.45, 2.75) is 4.90 Å². The summed E-state index contributed by atoms with van der Waals surface area (Å²) < 4.78 is 1.99. The van der Waals surface area contributed by atoms with Gasteiger partial charge in [-0.15, -0.1) is 11.8 Å². The van der Waals surface area contributed by atoms with Crippen LogP contribution < -0.4 is 4.31 Å². The molecular weight excluding hydrogens is 190 g/mol. The molecule has 1 aromatic carbocycles. The van der Waals surface area contributed by atoms with E-state index in [1.54, 1.807) is 11.8 Å². The topological polar surface area (TPSA) is 20.3 Å². The Morgan fingerprint density at radius 3 is 3.17 bits per heavy atom. The number of carbonyl (C=O) groups excluding carboxylic acids is 1. The van der Waals surface area contributed by atoms with Crippen LogP contribution in [0.25, 0.3) is 0 Å². The number of para-hydroxylation sites is 1. The van der Waals surface area contributed by atoms with Crippen molar-refractivity contribution in [3.8, 4) is 0 Å². The van der Waals surface area contributed by atoms with Crippen LogP contribution in [0.3, 0.4) is 0 Å². The van der Waals surface area contributed by atoms with Gasteiger partial charge in [-0.2, -0.15) is 0 Å². The Morgan fingerprint density at radius 1 is 1.50 bits per heavy atom. The van der Waals surface area contributed by atoms with E-state index in [1.807, 2.05) is 22.5 Å². The van der Waals surface area contributed by atoms with Crippen LogP contribution in [0.15, 0.2) is 29.2 Å². The van der Waals surface area contributed by atoms with E-state index in [0.717, 1.165) is 17.2 Å². The summed E-state index contributed by atoms with van der Waals surface area (Å²) in [4.78, 5) is 11.5. The van der Waals surface area contributed by atoms with Crippen LogP contribution in [0.2, 0.25) is 0 Å². The van der Waals surface area contributed by atoms with Gasteiger partial charge in [0.1, 0.15) is 0 Å². The second-order valence-electron chi connectivity index (χ2n) is 2.32. The lowest BCUT2D eigenvalue weighted by molar-refractivity contribution is 0.570. The summed E-state index contributed by atoms with van der Waals surface area (Å²) >= 11 is 2.98. The van der Waals surface area contributed by atoms with Gasteiger partial charge in [0.2, 0.25) is 0 Å². The first kappa shape index (κ1) is 8.01. The zero-order chi connectivity index (χ0) is 8.39. The summed E-state index contributed by atoms with van der Waals surface area (Å²) in [6.45, 7) is 0. The van der Waals surface area contributed by atoms with Crippen LogP contribution >= 0.6 is 23.7 Å². The smallest absolute Gasteiger partial charge is 0.196 e. The van der Waals surface area contributed by atoms with Gasteiger partial charge in [0.15, 0.2) is 5.62 Å². The first-order valence-electron chi connectivity index (χ1n) is 3.51. The minimum atomic E-state index is 0.864. The molecule has 12 heavy (non-hydrogen) atoms. The van der Waals surface area contributed by atoms with Gasteiger partial charge in [-0.3, -0.25) is 9.10 Å². The van der Waals surface area contributed by atoms with E-state index in [0.29, 0.717) is 0 Å². The van der Waals surface area contributed by atoms with Crippen LogP contribution in [-0.2, 0) is 4.79 Å². The fourth-order valence-corrected chi connectivity index (χ4v) is 2.85. The molecule has 1 aliphatic heterocycles. The molecule has 0 spiro atoms. The summed E-state index contributed by atoms with van der Waals surface area (Å²) in [7, 11) is 0. The fraction of sp³-hybridized carbons (Fsp3) is 0.125. The highest BCUT2D eigenvalue weighted by Crippen LogP contribution is 2.40. The van der Waals surface area contributed by atoms with Crippen molar-refractivity contribution in [1.82, 2.24) is 0 Å². The highest BCUT2D eigenvalue weighted by Gasteiger charge is 2.18. The van der Waals surface area contributed by atoms with Gasteiger partial charge in [-0.1, -0.05) is 12.1 Å². The average molecular weight is 197 g/mol. The number of hydrogen-bond acceptors (Lipinski definition) is 4. The third-order valence-corrected chi connectivity index (χ3v) is 3.51. The Kier molecular flexibility index (Phi) is 2.28. The summed E-state index contributed by atoms with van der Waals surface area (Å²) in [6.07, 6.45) is 0. The van der Waals surface area contributed by atoms with Crippen LogP contribution in [0.1, 0.15) is 0 Å². The van der Waals surface area contributed by atoms with Crippen molar-refractivity contribution in [3.05, 3.63) is 24.3 Å². The van der Waals surface area contributed by atoms with E-state index in [2.05, 4.69) is 6.07 Å². The third-order valence-electron chi connectivity index (χ3n) is 1.64. The van der Waals surface area contributed by atoms with Crippen LogP contribution in [0, 0.1) is 0 Å². The van der Waals surface area contributed by atoms with Gasteiger partial charge in [0.25, 0.3) is 0 Å². The van der Waals surface area contributed by atoms with Crippen LogP contribution in [0.5, 0.6) is 0 Å². The second kappa shape index (κ2) is 3.41. The van der Waals surface area contributed by atoms with Crippen LogP contribution in [0.4, 0.5) is 5.69 Å². The molecule has 0 radical (unpaired) electrons. The van der Waals surface area contributed by atoms with Crippen molar-refractivity contribution in [1.29, 1.82) is 0 Å². The monoisotopic (exact) mass is 197 g/mol. The van der Waals surface area contributed by atoms with Crippen molar-refractivity contribution in [2.24, 2.45) is 0 Å². The molecule has 1 heterocycles. The Hall–Kier alpha value is -0.610. The summed E-state index contributed by atoms with van der Waals surface area (Å²) in [5.41, 5.74) is 2.02. The van der Waals surface area contributed by atoms with Crippen molar-refractivity contribution < 1.29 is 4.79 Å². The maximum absolute atomic E-state index is 10.3. The number of thioether (sulfide) groups is 1. The summed E-state index contributed by atoms with van der Waals surface area (Å²) in [6, 6.07) is 8.11. The van der Waals surface area contributed by atoms with E-state index in [1.165, 1.54) is 16.8 Å². The molecule has 0 amide bonds. The first-order valence-corrected chi connectivity index (χ1v) is 5.34. The number of carbonyl (C=O) groups is 1. The first-order chi connectivity index (χ1) is 5.92. The van der Waals surface area contributed by atoms with Crippen molar-refractivity contribution >= 4 is 35.0 Å². The third kappa shape index (κ3) is 1.32. The van der Waals surface area contributed by atoms with E-state index in [-0.39, 0.29) is 0 Å². The van der Waals surface area contributed by atoms with Gasteiger partial charge < -0.3 is 0 Å². The van der Waals surface area contributed by atoms with E-state index in [9.17, 15) is 4.79 Å². The minimum Gasteiger partial charge on any atom is -0.299 e. The van der Waals surface area contributed by atoms with Crippen molar-refractivity contribution in [3.63, 3.8) is 0 Å². The highest BCUT2D eigenvalue weighted by atomic mass is 32.2. The quantitative estimate of drug-likeness (QED) is 0.535. The molecule has 1 aromatic rings. The number of nitrogens with zero attached hydrogens (tertiary/aromatic N) is 1. The maximum atomic E-state index is 10.3. The van der Waals surface area contributed by atoms with Gasteiger partial charge in [-0.05, 0) is 12.1 Å². The molecule has 1 aliphatic rings. The lowest BCUT2D eigenvalue weighted by Gasteiger charge is -2.11. The predicted molar refractivity (Wildman–Crippen MR) is 54.0 cm³/mol. The van der Waals surface area contributed by atoms with Gasteiger partial charge >= 0.3 is 0 Å².